The van der Waals surface area contributed by atoms with Gasteiger partial charge in [0, 0.05) is 25.1 Å². The zero-order chi connectivity index (χ0) is 23.1. The van der Waals surface area contributed by atoms with Gasteiger partial charge in [-0.2, -0.15) is 0 Å². The highest BCUT2D eigenvalue weighted by Gasteiger charge is 2.24. The van der Waals surface area contributed by atoms with Gasteiger partial charge in [0.15, 0.2) is 0 Å². The molecule has 4 unspecified atom stereocenters. The summed E-state index contributed by atoms with van der Waals surface area (Å²) in [5.74, 6) is 3.73. The number of terminal acetylenes is 1. The standard InChI is InChI=1S/C25H29N3O4/c1-4-22(28-14-13-27-25(28)17(2)29)24(30)19-11-9-18(10-12-19)21-7-5-6-8-23(21)32-16-20(26)15-31-3/h1,5-14,17,20,22,24,29-30H,15-16,26H2,2-3H3. The molecular formula is C25H29N3O4. The Labute approximate surface area is 188 Å². The van der Waals surface area contributed by atoms with Crippen LogP contribution in [0.3, 0.4) is 0 Å². The summed E-state index contributed by atoms with van der Waals surface area (Å²) in [5, 5.41) is 20.9. The van der Waals surface area contributed by atoms with Gasteiger partial charge in [0.05, 0.1) is 12.6 Å². The van der Waals surface area contributed by atoms with Gasteiger partial charge in [-0.3, -0.25) is 0 Å². The zero-order valence-corrected chi connectivity index (χ0v) is 18.3. The minimum Gasteiger partial charge on any atom is -0.491 e. The topological polar surface area (TPSA) is 103 Å². The largest absolute Gasteiger partial charge is 0.491 e. The van der Waals surface area contributed by atoms with Crippen LogP contribution in [0.15, 0.2) is 60.9 Å². The number of aliphatic hydroxyl groups is 2. The Hall–Kier alpha value is -3.15. The maximum atomic E-state index is 10.9. The Morgan fingerprint density at radius 3 is 2.50 bits per heavy atom. The quantitative estimate of drug-likeness (QED) is 0.423. The van der Waals surface area contributed by atoms with Crippen LogP contribution in [0, 0.1) is 12.3 Å². The minimum atomic E-state index is -0.973. The molecule has 0 radical (unpaired) electrons. The summed E-state index contributed by atoms with van der Waals surface area (Å²) in [4.78, 5) is 4.14. The number of methoxy groups -OCH3 is 1. The molecular weight excluding hydrogens is 406 g/mol. The van der Waals surface area contributed by atoms with Crippen LogP contribution in [0.25, 0.3) is 11.1 Å². The Morgan fingerprint density at radius 1 is 1.12 bits per heavy atom. The van der Waals surface area contributed by atoms with E-state index >= 15 is 0 Å². The highest BCUT2D eigenvalue weighted by atomic mass is 16.5. The van der Waals surface area contributed by atoms with Crippen molar-refractivity contribution in [3.05, 3.63) is 72.3 Å². The molecule has 0 amide bonds. The number of hydrogen-bond acceptors (Lipinski definition) is 6. The highest BCUT2D eigenvalue weighted by Crippen LogP contribution is 2.33. The molecule has 7 heteroatoms. The third kappa shape index (κ3) is 5.36. The molecule has 0 aliphatic carbocycles. The number of aromatic nitrogens is 2. The van der Waals surface area contributed by atoms with Crippen LogP contribution in [-0.2, 0) is 4.74 Å². The van der Waals surface area contributed by atoms with Crippen molar-refractivity contribution >= 4 is 0 Å². The average molecular weight is 436 g/mol. The van der Waals surface area contributed by atoms with Gasteiger partial charge in [-0.25, -0.2) is 4.98 Å². The van der Waals surface area contributed by atoms with Crippen LogP contribution >= 0.6 is 0 Å². The first-order valence-corrected chi connectivity index (χ1v) is 10.4. The van der Waals surface area contributed by atoms with Crippen LogP contribution in [0.4, 0.5) is 0 Å². The van der Waals surface area contributed by atoms with Gasteiger partial charge in [-0.1, -0.05) is 48.4 Å². The number of imidazole rings is 1. The normalized spacial score (nSPS) is 14.9. The van der Waals surface area contributed by atoms with E-state index in [9.17, 15) is 10.2 Å². The second-order valence-corrected chi connectivity index (χ2v) is 7.57. The average Bonchev–Trinajstić information content (AvgIpc) is 3.28. The zero-order valence-electron chi connectivity index (χ0n) is 18.3. The Balaban J connectivity index is 1.81. The molecule has 3 rings (SSSR count). The number of nitrogens with two attached hydrogens (primary N) is 1. The van der Waals surface area contributed by atoms with Gasteiger partial charge in [0.1, 0.15) is 36.4 Å². The molecule has 32 heavy (non-hydrogen) atoms. The van der Waals surface area contributed by atoms with E-state index in [0.717, 1.165) is 11.1 Å². The molecule has 1 heterocycles. The van der Waals surface area contributed by atoms with Crippen molar-refractivity contribution in [3.8, 4) is 29.2 Å². The lowest BCUT2D eigenvalue weighted by atomic mass is 9.98. The minimum absolute atomic E-state index is 0.221. The Morgan fingerprint density at radius 2 is 1.84 bits per heavy atom. The molecule has 7 nitrogen and oxygen atoms in total. The molecule has 0 aliphatic heterocycles. The van der Waals surface area contributed by atoms with E-state index in [1.165, 1.54) is 0 Å². The molecule has 0 fully saturated rings. The molecule has 4 N–H and O–H groups in total. The molecule has 0 aliphatic rings. The number of ether oxygens (including phenoxy) is 2. The fourth-order valence-electron chi connectivity index (χ4n) is 3.54. The van der Waals surface area contributed by atoms with Crippen LogP contribution in [-0.4, -0.2) is 46.1 Å². The fourth-order valence-corrected chi connectivity index (χ4v) is 3.54. The second kappa shape index (κ2) is 10.9. The van der Waals surface area contributed by atoms with Gasteiger partial charge in [0.25, 0.3) is 0 Å². The number of rotatable bonds is 10. The summed E-state index contributed by atoms with van der Waals surface area (Å²) in [6.45, 7) is 2.36. The Bertz CT molecular complexity index is 1040. The molecule has 0 spiro atoms. The SMILES string of the molecule is C#CC(C(O)c1ccc(-c2ccccc2OCC(N)COC)cc1)n1ccnc1C(C)O. The predicted octanol–water partition coefficient (Wildman–Crippen LogP) is 2.86. The summed E-state index contributed by atoms with van der Waals surface area (Å²) in [5.41, 5.74) is 8.47. The van der Waals surface area contributed by atoms with Crippen molar-refractivity contribution in [1.82, 2.24) is 9.55 Å². The van der Waals surface area contributed by atoms with E-state index in [1.54, 1.807) is 31.0 Å². The molecule has 168 valence electrons. The maximum Gasteiger partial charge on any atom is 0.138 e. The van der Waals surface area contributed by atoms with Crippen molar-refractivity contribution < 1.29 is 19.7 Å². The number of hydrogen-bond donors (Lipinski definition) is 3. The molecule has 3 aromatic rings. The van der Waals surface area contributed by atoms with E-state index < -0.39 is 18.2 Å². The summed E-state index contributed by atoms with van der Waals surface area (Å²) in [6, 6.07) is 14.3. The van der Waals surface area contributed by atoms with E-state index in [0.29, 0.717) is 30.4 Å². The monoisotopic (exact) mass is 435 g/mol. The Kier molecular flexibility index (Phi) is 8.03. The van der Waals surface area contributed by atoms with E-state index in [-0.39, 0.29) is 6.04 Å². The smallest absolute Gasteiger partial charge is 0.138 e. The molecule has 4 atom stereocenters. The first-order chi connectivity index (χ1) is 15.5. The predicted molar refractivity (Wildman–Crippen MR) is 123 cm³/mol. The van der Waals surface area contributed by atoms with Crippen LogP contribution in [0.1, 0.15) is 36.6 Å². The lowest BCUT2D eigenvalue weighted by Gasteiger charge is -2.23. The first kappa shape index (κ1) is 23.5. The van der Waals surface area contributed by atoms with E-state index in [1.807, 2.05) is 48.5 Å². The highest BCUT2D eigenvalue weighted by molar-refractivity contribution is 5.70. The van der Waals surface area contributed by atoms with Crippen LogP contribution in [0.5, 0.6) is 5.75 Å². The number of nitrogens with zero attached hydrogens (tertiary/aromatic N) is 2. The summed E-state index contributed by atoms with van der Waals surface area (Å²) in [6.07, 6.45) is 7.15. The van der Waals surface area contributed by atoms with Gasteiger partial charge in [-0.05, 0) is 24.1 Å². The third-order valence-corrected chi connectivity index (χ3v) is 5.13. The number of benzene rings is 2. The molecule has 1 aromatic heterocycles. The lowest BCUT2D eigenvalue weighted by molar-refractivity contribution is 0.127. The van der Waals surface area contributed by atoms with Gasteiger partial charge in [0.2, 0.25) is 0 Å². The molecule has 0 saturated heterocycles. The van der Waals surface area contributed by atoms with Crippen molar-refractivity contribution in [3.63, 3.8) is 0 Å². The summed E-state index contributed by atoms with van der Waals surface area (Å²) < 4.78 is 12.6. The van der Waals surface area contributed by atoms with E-state index in [2.05, 4.69) is 10.9 Å². The maximum absolute atomic E-state index is 10.9. The van der Waals surface area contributed by atoms with Gasteiger partial charge in [-0.15, -0.1) is 6.42 Å². The van der Waals surface area contributed by atoms with Crippen molar-refractivity contribution in [2.24, 2.45) is 5.73 Å². The van der Waals surface area contributed by atoms with Crippen LogP contribution in [0.2, 0.25) is 0 Å². The fraction of sp³-hybridized carbons (Fsp3) is 0.320. The molecule has 0 saturated carbocycles. The summed E-state index contributed by atoms with van der Waals surface area (Å²) >= 11 is 0. The second-order valence-electron chi connectivity index (χ2n) is 7.57. The number of aliphatic hydroxyl groups excluding tert-OH is 2. The summed E-state index contributed by atoms with van der Waals surface area (Å²) in [7, 11) is 1.60. The molecule has 2 aromatic carbocycles. The van der Waals surface area contributed by atoms with Crippen molar-refractivity contribution in [2.75, 3.05) is 20.3 Å². The van der Waals surface area contributed by atoms with Gasteiger partial charge >= 0.3 is 0 Å². The van der Waals surface area contributed by atoms with Crippen molar-refractivity contribution in [1.29, 1.82) is 0 Å². The number of para-hydroxylation sites is 1. The van der Waals surface area contributed by atoms with Gasteiger partial charge < -0.3 is 30.0 Å². The van der Waals surface area contributed by atoms with Crippen molar-refractivity contribution in [2.45, 2.75) is 31.2 Å². The third-order valence-electron chi connectivity index (χ3n) is 5.13. The molecule has 0 bridgehead atoms. The first-order valence-electron chi connectivity index (χ1n) is 10.4. The lowest BCUT2D eigenvalue weighted by Crippen LogP contribution is -2.32. The van der Waals surface area contributed by atoms with Crippen LogP contribution < -0.4 is 10.5 Å². The van der Waals surface area contributed by atoms with E-state index in [4.69, 9.17) is 21.6 Å².